The highest BCUT2D eigenvalue weighted by Crippen LogP contribution is 2.76. The van der Waals surface area contributed by atoms with Gasteiger partial charge in [-0.25, -0.2) is 0 Å². The molecule has 0 radical (unpaired) electrons. The lowest BCUT2D eigenvalue weighted by molar-refractivity contribution is 0.859. The molecule has 2 rings (SSSR count). The zero-order valence-corrected chi connectivity index (χ0v) is 4.63. The standard InChI is InChI=1S/C4H4Cl2/c5-4(6)2-1-3(2)4/h2-3H,1H2/t2-,3-/m1/s1. The fourth-order valence-electron chi connectivity index (χ4n) is 0.809. The van der Waals surface area contributed by atoms with E-state index >= 15 is 0 Å². The quantitative estimate of drug-likeness (QED) is 0.431. The summed E-state index contributed by atoms with van der Waals surface area (Å²) < 4.78 is -0.250. The molecular weight excluding hydrogens is 119 g/mol. The van der Waals surface area contributed by atoms with E-state index in [-0.39, 0.29) is 4.33 Å². The van der Waals surface area contributed by atoms with Crippen LogP contribution in [0.3, 0.4) is 0 Å². The van der Waals surface area contributed by atoms with E-state index in [1.165, 1.54) is 6.42 Å². The molecule has 34 valence electrons. The van der Waals surface area contributed by atoms with Gasteiger partial charge in [0.25, 0.3) is 0 Å². The van der Waals surface area contributed by atoms with Crippen molar-refractivity contribution in [2.45, 2.75) is 10.8 Å². The Balaban J connectivity index is 2.21. The molecule has 0 aromatic rings. The van der Waals surface area contributed by atoms with Crippen LogP contribution < -0.4 is 0 Å². The molecule has 2 saturated carbocycles. The highest BCUT2D eigenvalue weighted by atomic mass is 35.5. The molecule has 2 atom stereocenters. The lowest BCUT2D eigenvalue weighted by Crippen LogP contribution is -1.96. The van der Waals surface area contributed by atoms with Crippen molar-refractivity contribution in [1.82, 2.24) is 0 Å². The maximum atomic E-state index is 5.61. The zero-order valence-electron chi connectivity index (χ0n) is 3.12. The molecule has 0 heterocycles. The topological polar surface area (TPSA) is 0 Å². The second-order valence-corrected chi connectivity index (χ2v) is 3.57. The van der Waals surface area contributed by atoms with Gasteiger partial charge in [0.15, 0.2) is 0 Å². The molecule has 0 spiro atoms. The molecule has 0 aromatic heterocycles. The van der Waals surface area contributed by atoms with Crippen molar-refractivity contribution in [3.05, 3.63) is 0 Å². The monoisotopic (exact) mass is 122 g/mol. The Morgan fingerprint density at radius 1 is 1.33 bits per heavy atom. The number of rotatable bonds is 0. The van der Waals surface area contributed by atoms with Gasteiger partial charge in [-0.05, 0) is 18.3 Å². The smallest absolute Gasteiger partial charge is 0.101 e. The van der Waals surface area contributed by atoms with Gasteiger partial charge in [0.2, 0.25) is 0 Å². The van der Waals surface area contributed by atoms with Crippen molar-refractivity contribution in [2.75, 3.05) is 0 Å². The minimum absolute atomic E-state index is 0.250. The van der Waals surface area contributed by atoms with E-state index in [1.54, 1.807) is 0 Å². The largest absolute Gasteiger partial charge is 0.124 e. The fourth-order valence-corrected chi connectivity index (χ4v) is 1.65. The molecular formula is C4H4Cl2. The molecule has 2 fully saturated rings. The molecule has 0 N–H and O–H groups in total. The number of alkyl halides is 2. The summed E-state index contributed by atoms with van der Waals surface area (Å²) >= 11 is 11.2. The fraction of sp³-hybridized carbons (Fsp3) is 1.00. The normalized spacial score (nSPS) is 57.0. The van der Waals surface area contributed by atoms with Gasteiger partial charge in [-0.2, -0.15) is 0 Å². The first kappa shape index (κ1) is 3.57. The van der Waals surface area contributed by atoms with Gasteiger partial charge in [0.05, 0.1) is 0 Å². The van der Waals surface area contributed by atoms with E-state index in [4.69, 9.17) is 23.2 Å². The molecule has 0 amide bonds. The number of halogens is 2. The van der Waals surface area contributed by atoms with Crippen LogP contribution in [0.1, 0.15) is 6.42 Å². The summed E-state index contributed by atoms with van der Waals surface area (Å²) in [4.78, 5) is 0. The van der Waals surface area contributed by atoms with Crippen molar-refractivity contribution < 1.29 is 0 Å². The summed E-state index contributed by atoms with van der Waals surface area (Å²) in [5, 5.41) is 0. The van der Waals surface area contributed by atoms with Crippen LogP contribution in [0, 0.1) is 11.8 Å². The maximum Gasteiger partial charge on any atom is 0.124 e. The Hall–Kier alpha value is 0.580. The molecule has 2 aliphatic carbocycles. The SMILES string of the molecule is ClC1(Cl)[C@@H]2C[C@H]21. The summed E-state index contributed by atoms with van der Waals surface area (Å²) in [6.07, 6.45) is 1.28. The highest BCUT2D eigenvalue weighted by molar-refractivity contribution is 6.52. The third-order valence-electron chi connectivity index (χ3n) is 1.67. The van der Waals surface area contributed by atoms with Crippen molar-refractivity contribution >= 4 is 23.2 Å². The van der Waals surface area contributed by atoms with E-state index in [1.807, 2.05) is 0 Å². The second kappa shape index (κ2) is 0.635. The van der Waals surface area contributed by atoms with Crippen molar-refractivity contribution in [3.8, 4) is 0 Å². The highest BCUT2D eigenvalue weighted by Gasteiger charge is 2.75. The van der Waals surface area contributed by atoms with E-state index in [0.717, 1.165) is 0 Å². The number of hydrogen-bond acceptors (Lipinski definition) is 0. The van der Waals surface area contributed by atoms with Crippen LogP contribution in [-0.2, 0) is 0 Å². The van der Waals surface area contributed by atoms with Crippen LogP contribution >= 0.6 is 23.2 Å². The predicted octanol–water partition coefficient (Wildman–Crippen LogP) is 1.81. The molecule has 0 aromatic carbocycles. The number of fused-ring (bicyclic) bond motifs is 1. The molecule has 2 heteroatoms. The Morgan fingerprint density at radius 2 is 1.67 bits per heavy atom. The van der Waals surface area contributed by atoms with E-state index in [0.29, 0.717) is 11.8 Å². The van der Waals surface area contributed by atoms with Gasteiger partial charge in [0.1, 0.15) is 4.33 Å². The van der Waals surface area contributed by atoms with Crippen LogP contribution in [0.5, 0.6) is 0 Å². The summed E-state index contributed by atoms with van der Waals surface area (Å²) in [7, 11) is 0. The van der Waals surface area contributed by atoms with Gasteiger partial charge < -0.3 is 0 Å². The molecule has 0 nitrogen and oxygen atoms in total. The minimum Gasteiger partial charge on any atom is -0.101 e. The van der Waals surface area contributed by atoms with E-state index < -0.39 is 0 Å². The minimum atomic E-state index is -0.250. The van der Waals surface area contributed by atoms with Crippen LogP contribution in [0.25, 0.3) is 0 Å². The summed E-state index contributed by atoms with van der Waals surface area (Å²) in [5.74, 6) is 1.39. The first-order chi connectivity index (χ1) is 2.73. The molecule has 0 bridgehead atoms. The Morgan fingerprint density at radius 3 is 1.67 bits per heavy atom. The molecule has 0 saturated heterocycles. The Kier molecular flexibility index (Phi) is 0.377. The van der Waals surface area contributed by atoms with Crippen LogP contribution in [0.2, 0.25) is 0 Å². The van der Waals surface area contributed by atoms with E-state index in [9.17, 15) is 0 Å². The molecule has 6 heavy (non-hydrogen) atoms. The van der Waals surface area contributed by atoms with Gasteiger partial charge in [-0.1, -0.05) is 0 Å². The van der Waals surface area contributed by atoms with Crippen molar-refractivity contribution in [2.24, 2.45) is 11.8 Å². The predicted molar refractivity (Wildman–Crippen MR) is 26.0 cm³/mol. The lowest BCUT2D eigenvalue weighted by Gasteiger charge is -1.97. The second-order valence-electron chi connectivity index (χ2n) is 2.12. The Labute approximate surface area is 46.4 Å². The summed E-state index contributed by atoms with van der Waals surface area (Å²) in [6.45, 7) is 0. The van der Waals surface area contributed by atoms with Crippen LogP contribution in [-0.4, -0.2) is 4.33 Å². The first-order valence-corrected chi connectivity index (χ1v) is 2.86. The van der Waals surface area contributed by atoms with Crippen LogP contribution in [0.15, 0.2) is 0 Å². The van der Waals surface area contributed by atoms with Gasteiger partial charge >= 0.3 is 0 Å². The average molecular weight is 123 g/mol. The third kappa shape index (κ3) is 0.214. The van der Waals surface area contributed by atoms with Gasteiger partial charge in [-0.15, -0.1) is 23.2 Å². The first-order valence-electron chi connectivity index (χ1n) is 2.11. The third-order valence-corrected chi connectivity index (χ3v) is 2.79. The van der Waals surface area contributed by atoms with Crippen molar-refractivity contribution in [1.29, 1.82) is 0 Å². The van der Waals surface area contributed by atoms with Crippen molar-refractivity contribution in [3.63, 3.8) is 0 Å². The maximum absolute atomic E-state index is 5.61. The lowest BCUT2D eigenvalue weighted by atomic mass is 10.4. The molecule has 0 aliphatic heterocycles. The zero-order chi connectivity index (χ0) is 4.36. The van der Waals surface area contributed by atoms with Crippen LogP contribution in [0.4, 0.5) is 0 Å². The molecule has 0 unspecified atom stereocenters. The van der Waals surface area contributed by atoms with Gasteiger partial charge in [0, 0.05) is 0 Å². The molecule has 2 aliphatic rings. The summed E-state index contributed by atoms with van der Waals surface area (Å²) in [5.41, 5.74) is 0. The summed E-state index contributed by atoms with van der Waals surface area (Å²) in [6, 6.07) is 0. The average Bonchev–Trinajstić information content (AvgIpc) is 2.13. The number of hydrogen-bond donors (Lipinski definition) is 0. The van der Waals surface area contributed by atoms with Gasteiger partial charge in [-0.3, -0.25) is 0 Å². The van der Waals surface area contributed by atoms with E-state index in [2.05, 4.69) is 0 Å². The Bertz CT molecular complexity index is 87.7.